The summed E-state index contributed by atoms with van der Waals surface area (Å²) in [4.78, 5) is 28.7. The van der Waals surface area contributed by atoms with Gasteiger partial charge in [0.2, 0.25) is 0 Å². The summed E-state index contributed by atoms with van der Waals surface area (Å²) >= 11 is 0. The van der Waals surface area contributed by atoms with Gasteiger partial charge in [0, 0.05) is 30.7 Å². The molecule has 148 valence electrons. The predicted molar refractivity (Wildman–Crippen MR) is 103 cm³/mol. The number of halogens is 3. The first-order chi connectivity index (χ1) is 12.4. The number of aromatic nitrogens is 2. The van der Waals surface area contributed by atoms with E-state index < -0.39 is 29.8 Å². The standard InChI is InChI=1S/C18H22F2N4O2.ClH/c1-9-15-12(17(25)22-18(26)24(15)11-2-3-11)6-13(20)16(9)23-5-4-10(8-23)14(21)7-19;/h6,10-11,14H,2-5,7-8,21H2,1H3,(H,22,25,26);1H. The zero-order valence-electron chi connectivity index (χ0n) is 15.0. The third-order valence-electron chi connectivity index (χ3n) is 5.62. The van der Waals surface area contributed by atoms with Crippen molar-refractivity contribution in [2.45, 2.75) is 38.3 Å². The van der Waals surface area contributed by atoms with Gasteiger partial charge in [0.25, 0.3) is 5.56 Å². The van der Waals surface area contributed by atoms with E-state index in [4.69, 9.17) is 5.73 Å². The molecule has 2 fully saturated rings. The first-order valence-electron chi connectivity index (χ1n) is 8.96. The number of nitrogens with one attached hydrogen (secondary N) is 1. The Morgan fingerprint density at radius 1 is 1.33 bits per heavy atom. The lowest BCUT2D eigenvalue weighted by molar-refractivity contribution is 0.350. The molecule has 2 atom stereocenters. The van der Waals surface area contributed by atoms with Gasteiger partial charge in [-0.2, -0.15) is 0 Å². The third kappa shape index (κ3) is 3.25. The molecule has 0 amide bonds. The van der Waals surface area contributed by atoms with E-state index in [1.165, 1.54) is 6.07 Å². The number of aryl methyl sites for hydroxylation is 1. The smallest absolute Gasteiger partial charge is 0.329 e. The minimum Gasteiger partial charge on any atom is -0.369 e. The number of anilines is 1. The molecule has 9 heteroatoms. The first-order valence-corrected chi connectivity index (χ1v) is 8.96. The highest BCUT2D eigenvalue weighted by molar-refractivity contribution is 5.87. The highest BCUT2D eigenvalue weighted by atomic mass is 35.5. The minimum atomic E-state index is -0.603. The maximum atomic E-state index is 14.9. The number of H-pyrrole nitrogens is 1. The largest absolute Gasteiger partial charge is 0.369 e. The van der Waals surface area contributed by atoms with Gasteiger partial charge >= 0.3 is 5.69 Å². The fourth-order valence-electron chi connectivity index (χ4n) is 4.10. The fraction of sp³-hybridized carbons (Fsp3) is 0.556. The SMILES string of the molecule is Cc1c(N2CCC(C(N)CF)C2)c(F)cc2c(=O)[nH]c(=O)n(C3CC3)c12.Cl. The van der Waals surface area contributed by atoms with Gasteiger partial charge in [-0.1, -0.05) is 0 Å². The molecule has 3 N–H and O–H groups in total. The number of aromatic amines is 1. The molecule has 6 nitrogen and oxygen atoms in total. The topological polar surface area (TPSA) is 84.1 Å². The number of alkyl halides is 1. The van der Waals surface area contributed by atoms with Crippen LogP contribution in [-0.2, 0) is 0 Å². The molecule has 1 aromatic carbocycles. The maximum absolute atomic E-state index is 14.9. The van der Waals surface area contributed by atoms with Crippen LogP contribution in [-0.4, -0.2) is 35.4 Å². The van der Waals surface area contributed by atoms with E-state index in [-0.39, 0.29) is 29.8 Å². The van der Waals surface area contributed by atoms with E-state index in [1.807, 2.05) is 4.90 Å². The van der Waals surface area contributed by atoms with Crippen LogP contribution in [0.25, 0.3) is 10.9 Å². The molecule has 1 aliphatic carbocycles. The normalized spacial score (nSPS) is 20.7. The lowest BCUT2D eigenvalue weighted by Crippen LogP contribution is -2.35. The number of hydrogen-bond donors (Lipinski definition) is 2. The lowest BCUT2D eigenvalue weighted by Gasteiger charge is -2.24. The Labute approximate surface area is 160 Å². The second kappa shape index (κ2) is 7.24. The highest BCUT2D eigenvalue weighted by Gasteiger charge is 2.32. The second-order valence-electron chi connectivity index (χ2n) is 7.40. The Hall–Kier alpha value is -1.93. The van der Waals surface area contributed by atoms with Crippen LogP contribution < -0.4 is 21.9 Å². The summed E-state index contributed by atoms with van der Waals surface area (Å²) in [5.41, 5.74) is 6.23. The van der Waals surface area contributed by atoms with Crippen LogP contribution in [0.2, 0.25) is 0 Å². The molecule has 1 aromatic heterocycles. The van der Waals surface area contributed by atoms with E-state index in [1.54, 1.807) is 11.5 Å². The molecule has 2 heterocycles. The molecule has 0 radical (unpaired) electrons. The number of fused-ring (bicyclic) bond motifs is 1. The predicted octanol–water partition coefficient (Wildman–Crippen LogP) is 2.02. The third-order valence-corrected chi connectivity index (χ3v) is 5.62. The Morgan fingerprint density at radius 3 is 2.67 bits per heavy atom. The molecule has 27 heavy (non-hydrogen) atoms. The van der Waals surface area contributed by atoms with E-state index >= 15 is 0 Å². The van der Waals surface area contributed by atoms with Gasteiger partial charge < -0.3 is 10.6 Å². The fourth-order valence-corrected chi connectivity index (χ4v) is 4.10. The van der Waals surface area contributed by atoms with E-state index in [0.29, 0.717) is 36.3 Å². The molecule has 4 rings (SSSR count). The van der Waals surface area contributed by atoms with Crippen molar-refractivity contribution >= 4 is 29.0 Å². The quantitative estimate of drug-likeness (QED) is 0.822. The minimum absolute atomic E-state index is 0. The monoisotopic (exact) mass is 400 g/mol. The second-order valence-corrected chi connectivity index (χ2v) is 7.40. The summed E-state index contributed by atoms with van der Waals surface area (Å²) in [6.45, 7) is 2.17. The number of rotatable bonds is 4. The van der Waals surface area contributed by atoms with E-state index in [9.17, 15) is 18.4 Å². The Kier molecular flexibility index (Phi) is 5.31. The van der Waals surface area contributed by atoms with Crippen molar-refractivity contribution in [3.05, 3.63) is 38.3 Å². The summed E-state index contributed by atoms with van der Waals surface area (Å²) in [5, 5.41) is 0.187. The maximum Gasteiger partial charge on any atom is 0.329 e. The Morgan fingerprint density at radius 2 is 2.04 bits per heavy atom. The van der Waals surface area contributed by atoms with Gasteiger partial charge in [0.15, 0.2) is 0 Å². The van der Waals surface area contributed by atoms with Crippen molar-refractivity contribution in [1.29, 1.82) is 0 Å². The molecule has 1 saturated carbocycles. The molecule has 0 spiro atoms. The summed E-state index contributed by atoms with van der Waals surface area (Å²) in [5.74, 6) is -0.546. The van der Waals surface area contributed by atoms with E-state index in [2.05, 4.69) is 4.98 Å². The van der Waals surface area contributed by atoms with Crippen molar-refractivity contribution < 1.29 is 8.78 Å². The van der Waals surface area contributed by atoms with Gasteiger partial charge in [-0.15, -0.1) is 12.4 Å². The Balaban J connectivity index is 0.00000210. The molecule has 1 aliphatic heterocycles. The molecule has 0 bridgehead atoms. The Bertz CT molecular complexity index is 986. The molecular formula is C18H23ClF2N4O2. The summed E-state index contributed by atoms with van der Waals surface area (Å²) in [6.07, 6.45) is 2.42. The summed E-state index contributed by atoms with van der Waals surface area (Å²) < 4.78 is 29.3. The van der Waals surface area contributed by atoms with Gasteiger partial charge in [-0.3, -0.25) is 14.3 Å². The van der Waals surface area contributed by atoms with Crippen LogP contribution in [0.1, 0.15) is 30.9 Å². The molecule has 2 aliphatic rings. The number of benzene rings is 1. The molecule has 1 saturated heterocycles. The van der Waals surface area contributed by atoms with Gasteiger partial charge in [-0.25, -0.2) is 13.6 Å². The zero-order chi connectivity index (χ0) is 18.6. The summed E-state index contributed by atoms with van der Waals surface area (Å²) in [7, 11) is 0. The van der Waals surface area contributed by atoms with Crippen LogP contribution in [0.15, 0.2) is 15.7 Å². The van der Waals surface area contributed by atoms with Crippen LogP contribution >= 0.6 is 12.4 Å². The van der Waals surface area contributed by atoms with Crippen LogP contribution in [0.3, 0.4) is 0 Å². The number of nitrogens with zero attached hydrogens (tertiary/aromatic N) is 2. The first kappa shape index (κ1) is 19.8. The van der Waals surface area contributed by atoms with Crippen LogP contribution in [0, 0.1) is 18.7 Å². The average Bonchev–Trinajstić information content (AvgIpc) is 3.32. The molecule has 2 aromatic rings. The van der Waals surface area contributed by atoms with Crippen LogP contribution in [0.5, 0.6) is 0 Å². The molecule has 2 unspecified atom stereocenters. The van der Waals surface area contributed by atoms with E-state index in [0.717, 1.165) is 12.8 Å². The zero-order valence-corrected chi connectivity index (χ0v) is 15.8. The number of nitrogens with two attached hydrogens (primary N) is 1. The van der Waals surface area contributed by atoms with Crippen molar-refractivity contribution in [2.24, 2.45) is 11.7 Å². The number of hydrogen-bond acceptors (Lipinski definition) is 4. The van der Waals surface area contributed by atoms with Crippen molar-refractivity contribution in [3.63, 3.8) is 0 Å². The van der Waals surface area contributed by atoms with Gasteiger partial charge in [0.1, 0.15) is 12.5 Å². The summed E-state index contributed by atoms with van der Waals surface area (Å²) in [6, 6.07) is 0.693. The van der Waals surface area contributed by atoms with Gasteiger partial charge in [0.05, 0.1) is 16.6 Å². The van der Waals surface area contributed by atoms with Crippen LogP contribution in [0.4, 0.5) is 14.5 Å². The van der Waals surface area contributed by atoms with Crippen molar-refractivity contribution in [2.75, 3.05) is 24.7 Å². The lowest BCUT2D eigenvalue weighted by atomic mass is 10.0. The average molecular weight is 401 g/mol. The molecular weight excluding hydrogens is 378 g/mol. The van der Waals surface area contributed by atoms with Gasteiger partial charge in [-0.05, 0) is 38.2 Å². The van der Waals surface area contributed by atoms with Crippen molar-refractivity contribution in [1.82, 2.24) is 9.55 Å². The van der Waals surface area contributed by atoms with Crippen molar-refractivity contribution in [3.8, 4) is 0 Å². The highest BCUT2D eigenvalue weighted by Crippen LogP contribution is 2.39.